The number of hydrogen-bond acceptors (Lipinski definition) is 4. The van der Waals surface area contributed by atoms with E-state index in [2.05, 4.69) is 15.0 Å². The van der Waals surface area contributed by atoms with Gasteiger partial charge in [0, 0.05) is 24.2 Å². The summed E-state index contributed by atoms with van der Waals surface area (Å²) in [5, 5.41) is 12.7. The maximum absolute atomic E-state index is 9.74. The number of nitrogens with zero attached hydrogens (tertiary/aromatic N) is 2. The van der Waals surface area contributed by atoms with Crippen LogP contribution in [-0.4, -0.2) is 20.1 Å². The second-order valence-corrected chi connectivity index (χ2v) is 4.11. The van der Waals surface area contributed by atoms with Crippen molar-refractivity contribution in [1.82, 2.24) is 15.0 Å². The molecular weight excluding hydrogens is 198 g/mol. The molecule has 2 aromatic rings. The number of nitrogens with one attached hydrogen (secondary N) is 1. The summed E-state index contributed by atoms with van der Waals surface area (Å²) in [7, 11) is 0. The van der Waals surface area contributed by atoms with Crippen LogP contribution in [0.3, 0.4) is 0 Å². The normalized spacial score (nSPS) is 13.0. The third-order valence-corrected chi connectivity index (χ3v) is 2.73. The quantitative estimate of drug-likeness (QED) is 0.804. The van der Waals surface area contributed by atoms with E-state index in [0.29, 0.717) is 12.2 Å². The molecule has 2 aromatic heterocycles. The smallest absolute Gasteiger partial charge is 0.135 e. The van der Waals surface area contributed by atoms with Crippen molar-refractivity contribution in [2.45, 2.75) is 19.4 Å². The lowest BCUT2D eigenvalue weighted by molar-refractivity contribution is 0.168. The van der Waals surface area contributed by atoms with Gasteiger partial charge in [-0.2, -0.15) is 0 Å². The fourth-order valence-corrected chi connectivity index (χ4v) is 1.88. The summed E-state index contributed by atoms with van der Waals surface area (Å²) in [6.07, 6.45) is 3.25. The van der Waals surface area contributed by atoms with Gasteiger partial charge in [-0.15, -0.1) is 11.3 Å². The molecule has 0 aliphatic carbocycles. The van der Waals surface area contributed by atoms with Crippen LogP contribution >= 0.6 is 11.3 Å². The van der Waals surface area contributed by atoms with Gasteiger partial charge < -0.3 is 10.1 Å². The van der Waals surface area contributed by atoms with Crippen LogP contribution in [0.4, 0.5) is 0 Å². The Balaban J connectivity index is 2.05. The Morgan fingerprint density at radius 2 is 2.50 bits per heavy atom. The van der Waals surface area contributed by atoms with Crippen LogP contribution < -0.4 is 0 Å². The van der Waals surface area contributed by atoms with Gasteiger partial charge in [0.25, 0.3) is 0 Å². The molecule has 0 aliphatic rings. The average Bonchev–Trinajstić information content (AvgIpc) is 2.75. The minimum absolute atomic E-state index is 0.512. The minimum atomic E-state index is -0.591. The first-order valence-electron chi connectivity index (χ1n) is 4.34. The predicted octanol–water partition coefficient (Wildman–Crippen LogP) is 1.45. The summed E-state index contributed by atoms with van der Waals surface area (Å²) in [5.74, 6) is 0.593. The molecule has 0 aliphatic heterocycles. The van der Waals surface area contributed by atoms with Gasteiger partial charge in [-0.05, 0) is 6.92 Å². The van der Waals surface area contributed by atoms with Crippen LogP contribution in [0.15, 0.2) is 17.8 Å². The summed E-state index contributed by atoms with van der Waals surface area (Å²) in [4.78, 5) is 11.1. The highest BCUT2D eigenvalue weighted by Crippen LogP contribution is 2.16. The zero-order valence-electron chi connectivity index (χ0n) is 7.77. The molecule has 0 saturated carbocycles. The highest BCUT2D eigenvalue weighted by Gasteiger charge is 2.12. The van der Waals surface area contributed by atoms with Crippen LogP contribution in [0.5, 0.6) is 0 Å². The number of thiazole rings is 1. The number of aliphatic hydroxyl groups is 1. The second-order valence-electron chi connectivity index (χ2n) is 3.05. The van der Waals surface area contributed by atoms with Crippen molar-refractivity contribution >= 4 is 11.3 Å². The van der Waals surface area contributed by atoms with E-state index in [4.69, 9.17) is 0 Å². The Morgan fingerprint density at radius 1 is 1.64 bits per heavy atom. The van der Waals surface area contributed by atoms with Gasteiger partial charge >= 0.3 is 0 Å². The van der Waals surface area contributed by atoms with Gasteiger partial charge in [-0.1, -0.05) is 0 Å². The highest BCUT2D eigenvalue weighted by atomic mass is 32.1. The largest absolute Gasteiger partial charge is 0.385 e. The number of H-pyrrole nitrogens is 1. The van der Waals surface area contributed by atoms with Crippen LogP contribution in [0.25, 0.3) is 0 Å². The van der Waals surface area contributed by atoms with E-state index in [9.17, 15) is 5.11 Å². The molecular formula is C9H11N3OS. The SMILES string of the molecule is Cc1nc(CC(O)c2ncc[nH]2)cs1. The number of aromatic nitrogens is 3. The van der Waals surface area contributed by atoms with Gasteiger partial charge in [0.15, 0.2) is 0 Å². The van der Waals surface area contributed by atoms with E-state index < -0.39 is 6.10 Å². The standard InChI is InChI=1S/C9H11N3OS/c1-6-12-7(5-14-6)4-8(13)9-10-2-3-11-9/h2-3,5,8,13H,4H2,1H3,(H,10,11). The van der Waals surface area contributed by atoms with Crippen molar-refractivity contribution in [3.63, 3.8) is 0 Å². The van der Waals surface area contributed by atoms with Crippen molar-refractivity contribution < 1.29 is 5.11 Å². The molecule has 0 saturated heterocycles. The molecule has 5 heteroatoms. The molecule has 14 heavy (non-hydrogen) atoms. The Kier molecular flexibility index (Phi) is 2.60. The molecule has 4 nitrogen and oxygen atoms in total. The zero-order chi connectivity index (χ0) is 9.97. The Morgan fingerprint density at radius 3 is 3.07 bits per heavy atom. The summed E-state index contributed by atoms with van der Waals surface area (Å²) >= 11 is 1.59. The van der Waals surface area contributed by atoms with Gasteiger partial charge in [-0.25, -0.2) is 9.97 Å². The first-order chi connectivity index (χ1) is 6.75. The van der Waals surface area contributed by atoms with E-state index in [0.717, 1.165) is 10.7 Å². The minimum Gasteiger partial charge on any atom is -0.385 e. The number of hydrogen-bond donors (Lipinski definition) is 2. The maximum atomic E-state index is 9.74. The van der Waals surface area contributed by atoms with Gasteiger partial charge in [0.2, 0.25) is 0 Å². The van der Waals surface area contributed by atoms with E-state index >= 15 is 0 Å². The number of aryl methyl sites for hydroxylation is 1. The third kappa shape index (κ3) is 2.00. The molecule has 0 aromatic carbocycles. The molecule has 2 heterocycles. The second kappa shape index (κ2) is 3.89. The van der Waals surface area contributed by atoms with Crippen molar-refractivity contribution in [3.05, 3.63) is 34.3 Å². The van der Waals surface area contributed by atoms with Crippen molar-refractivity contribution in [2.24, 2.45) is 0 Å². The van der Waals surface area contributed by atoms with E-state index in [1.165, 1.54) is 0 Å². The van der Waals surface area contributed by atoms with E-state index in [1.807, 2.05) is 12.3 Å². The number of aromatic amines is 1. The molecule has 2 rings (SSSR count). The van der Waals surface area contributed by atoms with Gasteiger partial charge in [-0.3, -0.25) is 0 Å². The summed E-state index contributed by atoms with van der Waals surface area (Å²) in [6.45, 7) is 1.95. The summed E-state index contributed by atoms with van der Waals surface area (Å²) < 4.78 is 0. The number of aliphatic hydroxyl groups excluding tert-OH is 1. The fraction of sp³-hybridized carbons (Fsp3) is 0.333. The molecule has 0 fully saturated rings. The molecule has 74 valence electrons. The molecule has 1 unspecified atom stereocenters. The van der Waals surface area contributed by atoms with Crippen LogP contribution in [0.2, 0.25) is 0 Å². The highest BCUT2D eigenvalue weighted by molar-refractivity contribution is 7.09. The predicted molar refractivity (Wildman–Crippen MR) is 54.1 cm³/mol. The fourth-order valence-electron chi connectivity index (χ4n) is 1.26. The summed E-state index contributed by atoms with van der Waals surface area (Å²) in [5.41, 5.74) is 0.913. The number of imidazole rings is 1. The maximum Gasteiger partial charge on any atom is 0.135 e. The lowest BCUT2D eigenvalue weighted by atomic mass is 10.2. The Hall–Kier alpha value is -1.20. The summed E-state index contributed by atoms with van der Waals surface area (Å²) in [6, 6.07) is 0. The van der Waals surface area contributed by atoms with E-state index in [-0.39, 0.29) is 0 Å². The van der Waals surface area contributed by atoms with Gasteiger partial charge in [0.1, 0.15) is 11.9 Å². The molecule has 2 N–H and O–H groups in total. The first-order valence-corrected chi connectivity index (χ1v) is 5.22. The third-order valence-electron chi connectivity index (χ3n) is 1.90. The molecule has 0 spiro atoms. The molecule has 0 bridgehead atoms. The Bertz CT molecular complexity index is 396. The van der Waals surface area contributed by atoms with E-state index in [1.54, 1.807) is 23.7 Å². The van der Waals surface area contributed by atoms with Crippen LogP contribution in [0, 0.1) is 6.92 Å². The Labute approximate surface area is 85.7 Å². The molecule has 0 amide bonds. The van der Waals surface area contributed by atoms with Crippen molar-refractivity contribution in [3.8, 4) is 0 Å². The van der Waals surface area contributed by atoms with Crippen LogP contribution in [0.1, 0.15) is 22.6 Å². The van der Waals surface area contributed by atoms with Crippen molar-refractivity contribution in [1.29, 1.82) is 0 Å². The lowest BCUT2D eigenvalue weighted by Crippen LogP contribution is -2.03. The number of rotatable bonds is 3. The lowest BCUT2D eigenvalue weighted by Gasteiger charge is -2.04. The average molecular weight is 209 g/mol. The van der Waals surface area contributed by atoms with Crippen molar-refractivity contribution in [2.75, 3.05) is 0 Å². The monoisotopic (exact) mass is 209 g/mol. The molecule has 0 radical (unpaired) electrons. The van der Waals surface area contributed by atoms with Gasteiger partial charge in [0.05, 0.1) is 10.7 Å². The topological polar surface area (TPSA) is 61.8 Å². The first kappa shape index (κ1) is 9.36. The zero-order valence-corrected chi connectivity index (χ0v) is 8.58. The van der Waals surface area contributed by atoms with Crippen LogP contribution in [-0.2, 0) is 6.42 Å². The molecule has 1 atom stereocenters.